The summed E-state index contributed by atoms with van der Waals surface area (Å²) in [5.41, 5.74) is -2.20. The molecule has 0 saturated heterocycles. The standard InChI is InChI=1S/C22H19F3O2.C17H17F3O5S/c1-2-3-12-4-6-15-16-7-5-13(11-20(16)27-22(26)17(15)8-12)14-9-18(23)21(25)19(24)10-14;1-2-3-10-4-6-12-13-7-5-11(25-26(22,23)17(18,19)20)9-15(13)24-16(21)14(12)8-10/h5,7,9-12H,2-4,6,8H2,1H3;5,7,9-10H,2-4,6,8H2,1H3. The average Bonchev–Trinajstić information content (AvgIpc) is 3.10. The second-order valence-electron chi connectivity index (χ2n) is 13.6. The molecule has 0 radical (unpaired) electrons. The molecule has 0 aliphatic heterocycles. The van der Waals surface area contributed by atoms with Crippen molar-refractivity contribution in [2.24, 2.45) is 11.8 Å². The van der Waals surface area contributed by atoms with E-state index in [-0.39, 0.29) is 16.8 Å². The van der Waals surface area contributed by atoms with Crippen LogP contribution in [0.3, 0.4) is 0 Å². The lowest BCUT2D eigenvalue weighted by atomic mass is 9.81. The van der Waals surface area contributed by atoms with E-state index in [1.165, 1.54) is 6.07 Å². The lowest BCUT2D eigenvalue weighted by molar-refractivity contribution is -0.0500. The quantitative estimate of drug-likeness (QED) is 0.0535. The number of fused-ring (bicyclic) bond motifs is 6. The smallest absolute Gasteiger partial charge is 0.422 e. The van der Waals surface area contributed by atoms with Crippen LogP contribution in [0.4, 0.5) is 26.3 Å². The fraction of sp³-hybridized carbons (Fsp3) is 0.385. The van der Waals surface area contributed by atoms with Gasteiger partial charge in [-0.25, -0.2) is 22.8 Å². The highest BCUT2D eigenvalue weighted by Crippen LogP contribution is 2.36. The van der Waals surface area contributed by atoms with Crippen LogP contribution < -0.4 is 15.4 Å². The molecule has 0 fully saturated rings. The third-order valence-electron chi connectivity index (χ3n) is 10.0. The molecule has 0 spiro atoms. The van der Waals surface area contributed by atoms with Crippen LogP contribution in [0.5, 0.6) is 5.75 Å². The van der Waals surface area contributed by atoms with Crippen molar-refractivity contribution in [3.8, 4) is 16.9 Å². The van der Waals surface area contributed by atoms with E-state index in [0.717, 1.165) is 97.7 Å². The second-order valence-corrected chi connectivity index (χ2v) is 15.1. The number of benzene rings is 3. The maximum Gasteiger partial charge on any atom is 0.534 e. The molecular weight excluding hydrogens is 726 g/mol. The molecule has 2 aliphatic rings. The van der Waals surface area contributed by atoms with Gasteiger partial charge in [0.1, 0.15) is 16.9 Å². The van der Waals surface area contributed by atoms with Gasteiger partial charge in [0.2, 0.25) is 0 Å². The van der Waals surface area contributed by atoms with Gasteiger partial charge in [0.25, 0.3) is 0 Å². The Labute approximate surface area is 300 Å². The summed E-state index contributed by atoms with van der Waals surface area (Å²) in [5, 5.41) is 1.44. The highest BCUT2D eigenvalue weighted by molar-refractivity contribution is 7.88. The van der Waals surface area contributed by atoms with Crippen molar-refractivity contribution in [3.63, 3.8) is 0 Å². The number of hydrogen-bond acceptors (Lipinski definition) is 7. The molecule has 53 heavy (non-hydrogen) atoms. The van der Waals surface area contributed by atoms with Crippen LogP contribution >= 0.6 is 0 Å². The molecule has 2 heterocycles. The first-order valence-electron chi connectivity index (χ1n) is 17.4. The van der Waals surface area contributed by atoms with Gasteiger partial charge in [0.05, 0.1) is 0 Å². The predicted molar refractivity (Wildman–Crippen MR) is 187 cm³/mol. The zero-order valence-electron chi connectivity index (χ0n) is 28.9. The molecule has 0 bridgehead atoms. The fourth-order valence-electron chi connectivity index (χ4n) is 7.49. The first kappa shape index (κ1) is 38.1. The summed E-state index contributed by atoms with van der Waals surface area (Å²) in [6.45, 7) is 4.22. The van der Waals surface area contributed by atoms with Crippen molar-refractivity contribution in [1.29, 1.82) is 0 Å². The average molecular weight is 763 g/mol. The van der Waals surface area contributed by atoms with Gasteiger partial charge in [-0.15, -0.1) is 0 Å². The molecule has 2 unspecified atom stereocenters. The fourth-order valence-corrected chi connectivity index (χ4v) is 7.94. The molecule has 2 atom stereocenters. The summed E-state index contributed by atoms with van der Waals surface area (Å²) >= 11 is 0. The van der Waals surface area contributed by atoms with Crippen molar-refractivity contribution in [2.75, 3.05) is 0 Å². The van der Waals surface area contributed by atoms with Gasteiger partial charge in [-0.1, -0.05) is 51.7 Å². The van der Waals surface area contributed by atoms with Crippen LogP contribution in [0.25, 0.3) is 33.1 Å². The lowest BCUT2D eigenvalue weighted by Crippen LogP contribution is -2.28. The molecule has 0 N–H and O–H groups in total. The molecule has 7 rings (SSSR count). The minimum absolute atomic E-state index is 0.0116. The topological polar surface area (TPSA) is 104 Å². The molecule has 0 amide bonds. The summed E-state index contributed by atoms with van der Waals surface area (Å²) in [7, 11) is -5.78. The van der Waals surface area contributed by atoms with Crippen molar-refractivity contribution in [2.45, 2.75) is 83.6 Å². The van der Waals surface area contributed by atoms with Gasteiger partial charge in [-0.3, -0.25) is 0 Å². The van der Waals surface area contributed by atoms with Crippen molar-refractivity contribution >= 4 is 32.1 Å². The van der Waals surface area contributed by atoms with Gasteiger partial charge >= 0.3 is 26.9 Å². The van der Waals surface area contributed by atoms with E-state index in [9.17, 15) is 44.3 Å². The van der Waals surface area contributed by atoms with Crippen LogP contribution in [0.1, 0.15) is 74.6 Å². The Hall–Kier alpha value is -4.59. The summed E-state index contributed by atoms with van der Waals surface area (Å²) in [6.07, 6.45) is 9.01. The van der Waals surface area contributed by atoms with Gasteiger partial charge in [0.15, 0.2) is 17.5 Å². The number of alkyl halides is 3. The monoisotopic (exact) mass is 762 g/mol. The number of rotatable bonds is 7. The zero-order chi connectivity index (χ0) is 38.2. The third-order valence-corrected chi connectivity index (χ3v) is 11.0. The Bertz CT molecular complexity index is 2390. The van der Waals surface area contributed by atoms with Gasteiger partial charge in [-0.05, 0) is 103 Å². The van der Waals surface area contributed by atoms with Gasteiger partial charge in [0, 0.05) is 28.0 Å². The summed E-state index contributed by atoms with van der Waals surface area (Å²) < 4.78 is 115. The first-order valence-corrected chi connectivity index (χ1v) is 18.8. The van der Waals surface area contributed by atoms with Crippen LogP contribution in [0.15, 0.2) is 67.0 Å². The Morgan fingerprint density at radius 3 is 1.68 bits per heavy atom. The Morgan fingerprint density at radius 2 is 1.19 bits per heavy atom. The SMILES string of the molecule is CCCC1CCc2c(c(=O)oc3cc(-c4cc(F)c(F)c(F)c4)ccc23)C1.CCCC1CCc2c(c(=O)oc3cc(OS(=O)(=O)C(F)(F)F)ccc23)C1. The van der Waals surface area contributed by atoms with Gasteiger partial charge in [-0.2, -0.15) is 21.6 Å². The van der Waals surface area contributed by atoms with E-state index in [4.69, 9.17) is 8.83 Å². The molecule has 7 nitrogen and oxygen atoms in total. The van der Waals surface area contributed by atoms with E-state index < -0.39 is 44.5 Å². The maximum atomic E-state index is 13.5. The van der Waals surface area contributed by atoms with Crippen molar-refractivity contribution < 1.29 is 47.8 Å². The Kier molecular flexibility index (Phi) is 10.8. The zero-order valence-corrected chi connectivity index (χ0v) is 29.7. The first-order chi connectivity index (χ1) is 25.1. The van der Waals surface area contributed by atoms with E-state index >= 15 is 0 Å². The number of hydrogen-bond donors (Lipinski definition) is 0. The highest BCUT2D eigenvalue weighted by Gasteiger charge is 2.48. The number of halogens is 6. The van der Waals surface area contributed by atoms with E-state index in [1.807, 2.05) is 6.07 Å². The minimum Gasteiger partial charge on any atom is -0.422 e. The number of aryl methyl sites for hydroxylation is 2. The van der Waals surface area contributed by atoms with E-state index in [0.29, 0.717) is 46.8 Å². The van der Waals surface area contributed by atoms with Crippen LogP contribution in [-0.2, 0) is 35.8 Å². The van der Waals surface area contributed by atoms with Gasteiger partial charge < -0.3 is 13.0 Å². The van der Waals surface area contributed by atoms with Crippen LogP contribution in [0.2, 0.25) is 0 Å². The molecule has 14 heteroatoms. The molecule has 2 aromatic heterocycles. The summed E-state index contributed by atoms with van der Waals surface area (Å²) in [6, 6.07) is 10.5. The van der Waals surface area contributed by atoms with Crippen molar-refractivity contribution in [3.05, 3.63) is 109 Å². The Morgan fingerprint density at radius 1 is 0.698 bits per heavy atom. The third kappa shape index (κ3) is 7.88. The highest BCUT2D eigenvalue weighted by atomic mass is 32.2. The Balaban J connectivity index is 0.000000182. The summed E-state index contributed by atoms with van der Waals surface area (Å²) in [5.74, 6) is -3.64. The molecule has 5 aromatic rings. The molecule has 0 saturated carbocycles. The maximum absolute atomic E-state index is 13.5. The molecular formula is C39H36F6O7S. The van der Waals surface area contributed by atoms with E-state index in [1.54, 1.807) is 12.1 Å². The molecule has 282 valence electrons. The van der Waals surface area contributed by atoms with Crippen LogP contribution in [-0.4, -0.2) is 13.9 Å². The van der Waals surface area contributed by atoms with Crippen LogP contribution in [0, 0.1) is 29.3 Å². The normalized spacial score (nSPS) is 17.2. The molecule has 2 aliphatic carbocycles. The lowest BCUT2D eigenvalue weighted by Gasteiger charge is -2.24. The molecule has 3 aromatic carbocycles. The largest absolute Gasteiger partial charge is 0.534 e. The summed E-state index contributed by atoms with van der Waals surface area (Å²) in [4.78, 5) is 24.8. The second kappa shape index (κ2) is 15.0. The minimum atomic E-state index is -5.78. The predicted octanol–water partition coefficient (Wildman–Crippen LogP) is 9.71. The van der Waals surface area contributed by atoms with Crippen molar-refractivity contribution in [1.82, 2.24) is 0 Å². The van der Waals surface area contributed by atoms with E-state index in [2.05, 4.69) is 18.0 Å².